The van der Waals surface area contributed by atoms with Crippen molar-refractivity contribution in [1.29, 1.82) is 0 Å². The van der Waals surface area contributed by atoms with Gasteiger partial charge in [-0.3, -0.25) is 9.59 Å². The molecule has 0 bridgehead atoms. The van der Waals surface area contributed by atoms with Crippen LogP contribution in [0.4, 0.5) is 0 Å². The summed E-state index contributed by atoms with van der Waals surface area (Å²) >= 11 is 3.33. The van der Waals surface area contributed by atoms with Gasteiger partial charge in [0.1, 0.15) is 5.75 Å². The molecule has 0 aliphatic heterocycles. The minimum Gasteiger partial charge on any atom is -0.494 e. The van der Waals surface area contributed by atoms with Gasteiger partial charge in [0.2, 0.25) is 0 Å². The van der Waals surface area contributed by atoms with Gasteiger partial charge in [-0.05, 0) is 42.8 Å². The third-order valence-electron chi connectivity index (χ3n) is 4.21. The number of Topliss-reactive ketones (excluding diaryl/α,β-unsaturated/α-hetero) is 1. The molecular weight excluding hydrogens is 406 g/mol. The normalized spacial score (nSPS) is 10.4. The van der Waals surface area contributed by atoms with Gasteiger partial charge in [-0.2, -0.15) is 0 Å². The SMILES string of the molecule is CCCCCCCOc1ccc(C(=O)NCC(=O)c2ccc(Br)cc2)cc1. The van der Waals surface area contributed by atoms with Gasteiger partial charge in [0, 0.05) is 15.6 Å². The van der Waals surface area contributed by atoms with Crippen LogP contribution in [0.2, 0.25) is 0 Å². The van der Waals surface area contributed by atoms with Crippen LogP contribution in [-0.2, 0) is 0 Å². The van der Waals surface area contributed by atoms with Crippen LogP contribution in [0.1, 0.15) is 59.7 Å². The van der Waals surface area contributed by atoms with Gasteiger partial charge in [-0.25, -0.2) is 0 Å². The Bertz CT molecular complexity index is 726. The number of hydrogen-bond acceptors (Lipinski definition) is 3. The summed E-state index contributed by atoms with van der Waals surface area (Å²) in [6.07, 6.45) is 5.98. The first kappa shape index (κ1) is 21.2. The lowest BCUT2D eigenvalue weighted by Crippen LogP contribution is -2.29. The minimum absolute atomic E-state index is 0.0313. The monoisotopic (exact) mass is 431 g/mol. The lowest BCUT2D eigenvalue weighted by atomic mass is 10.1. The number of halogens is 1. The Morgan fingerprint density at radius 3 is 2.19 bits per heavy atom. The van der Waals surface area contributed by atoms with E-state index in [0.29, 0.717) is 17.7 Å². The minimum atomic E-state index is -0.272. The molecule has 0 aliphatic carbocycles. The van der Waals surface area contributed by atoms with E-state index in [1.54, 1.807) is 48.5 Å². The largest absolute Gasteiger partial charge is 0.494 e. The van der Waals surface area contributed by atoms with Crippen molar-refractivity contribution in [2.24, 2.45) is 0 Å². The maximum absolute atomic E-state index is 12.2. The number of rotatable bonds is 11. The highest BCUT2D eigenvalue weighted by Gasteiger charge is 2.10. The summed E-state index contributed by atoms with van der Waals surface area (Å²) in [5.74, 6) is 0.360. The number of hydrogen-bond donors (Lipinski definition) is 1. The summed E-state index contributed by atoms with van der Waals surface area (Å²) in [7, 11) is 0. The van der Waals surface area contributed by atoms with Crippen molar-refractivity contribution < 1.29 is 14.3 Å². The fourth-order valence-corrected chi connectivity index (χ4v) is 2.86. The zero-order chi connectivity index (χ0) is 19.5. The van der Waals surface area contributed by atoms with Crippen LogP contribution >= 0.6 is 15.9 Å². The van der Waals surface area contributed by atoms with Crippen molar-refractivity contribution in [2.75, 3.05) is 13.2 Å². The van der Waals surface area contributed by atoms with E-state index in [2.05, 4.69) is 28.2 Å². The van der Waals surface area contributed by atoms with Crippen molar-refractivity contribution in [3.05, 3.63) is 64.1 Å². The van der Waals surface area contributed by atoms with E-state index in [4.69, 9.17) is 4.74 Å². The molecule has 27 heavy (non-hydrogen) atoms. The summed E-state index contributed by atoms with van der Waals surface area (Å²) in [6.45, 7) is 2.86. The first-order valence-corrected chi connectivity index (χ1v) is 10.2. The Morgan fingerprint density at radius 2 is 1.52 bits per heavy atom. The Kier molecular flexibility index (Phi) is 9.05. The lowest BCUT2D eigenvalue weighted by Gasteiger charge is -2.08. The zero-order valence-electron chi connectivity index (χ0n) is 15.7. The molecule has 1 N–H and O–H groups in total. The predicted molar refractivity (Wildman–Crippen MR) is 112 cm³/mol. The summed E-state index contributed by atoms with van der Waals surface area (Å²) < 4.78 is 6.61. The molecule has 1 amide bonds. The highest BCUT2D eigenvalue weighted by molar-refractivity contribution is 9.10. The first-order valence-electron chi connectivity index (χ1n) is 9.40. The average Bonchev–Trinajstić information content (AvgIpc) is 2.69. The molecule has 0 fully saturated rings. The second kappa shape index (κ2) is 11.5. The third kappa shape index (κ3) is 7.55. The van der Waals surface area contributed by atoms with Gasteiger partial charge in [-0.15, -0.1) is 0 Å². The quantitative estimate of drug-likeness (QED) is 0.382. The molecule has 2 aromatic rings. The molecule has 0 aliphatic rings. The molecule has 0 atom stereocenters. The fraction of sp³-hybridized carbons (Fsp3) is 0.364. The lowest BCUT2D eigenvalue weighted by molar-refractivity contribution is 0.0904. The second-order valence-electron chi connectivity index (χ2n) is 6.40. The van der Waals surface area contributed by atoms with Crippen LogP contribution in [0.25, 0.3) is 0 Å². The predicted octanol–water partition coefficient (Wildman–Crippen LogP) is 5.41. The fourth-order valence-electron chi connectivity index (χ4n) is 2.60. The molecule has 0 heterocycles. The van der Waals surface area contributed by atoms with Crippen molar-refractivity contribution in [3.63, 3.8) is 0 Å². The highest BCUT2D eigenvalue weighted by atomic mass is 79.9. The van der Waals surface area contributed by atoms with Crippen LogP contribution in [0.3, 0.4) is 0 Å². The molecule has 0 unspecified atom stereocenters. The molecular formula is C22H26BrNO3. The summed E-state index contributed by atoms with van der Waals surface area (Å²) in [5.41, 5.74) is 1.08. The Balaban J connectivity index is 1.74. The van der Waals surface area contributed by atoms with Gasteiger partial charge in [0.15, 0.2) is 5.78 Å². The number of nitrogens with one attached hydrogen (secondary N) is 1. The van der Waals surface area contributed by atoms with Crippen LogP contribution in [0, 0.1) is 0 Å². The number of benzene rings is 2. The topological polar surface area (TPSA) is 55.4 Å². The zero-order valence-corrected chi connectivity index (χ0v) is 17.3. The van der Waals surface area contributed by atoms with Gasteiger partial charge in [0.05, 0.1) is 13.2 Å². The van der Waals surface area contributed by atoms with Crippen LogP contribution in [-0.4, -0.2) is 24.8 Å². The maximum atomic E-state index is 12.2. The molecule has 5 heteroatoms. The number of ether oxygens (including phenoxy) is 1. The molecule has 4 nitrogen and oxygen atoms in total. The van der Waals surface area contributed by atoms with E-state index >= 15 is 0 Å². The Labute approximate surface area is 169 Å². The number of ketones is 1. The Morgan fingerprint density at radius 1 is 0.889 bits per heavy atom. The molecule has 0 saturated carbocycles. The van der Waals surface area contributed by atoms with Crippen LogP contribution < -0.4 is 10.1 Å². The van der Waals surface area contributed by atoms with Gasteiger partial charge in [-0.1, -0.05) is 60.7 Å². The van der Waals surface area contributed by atoms with Crippen molar-refractivity contribution in [1.82, 2.24) is 5.32 Å². The van der Waals surface area contributed by atoms with E-state index in [-0.39, 0.29) is 18.2 Å². The van der Waals surface area contributed by atoms with Crippen molar-refractivity contribution in [2.45, 2.75) is 39.0 Å². The molecule has 0 spiro atoms. The number of carbonyl (C=O) groups is 2. The average molecular weight is 432 g/mol. The summed E-state index contributed by atoms with van der Waals surface area (Å²) in [5, 5.41) is 2.66. The van der Waals surface area contributed by atoms with Crippen LogP contribution in [0.5, 0.6) is 5.75 Å². The highest BCUT2D eigenvalue weighted by Crippen LogP contribution is 2.14. The molecule has 2 rings (SSSR count). The molecule has 144 valence electrons. The standard InChI is InChI=1S/C22H26BrNO3/c1-2-3-4-5-6-15-27-20-13-9-18(10-14-20)22(26)24-16-21(25)17-7-11-19(23)12-8-17/h7-14H,2-6,15-16H2,1H3,(H,24,26). The van der Waals surface area contributed by atoms with Crippen molar-refractivity contribution in [3.8, 4) is 5.75 Å². The third-order valence-corrected chi connectivity index (χ3v) is 4.74. The Hall–Kier alpha value is -2.14. The number of unbranched alkanes of at least 4 members (excludes halogenated alkanes) is 4. The van der Waals surface area contributed by atoms with Gasteiger partial charge >= 0.3 is 0 Å². The molecule has 0 radical (unpaired) electrons. The number of amides is 1. The molecule has 0 aromatic heterocycles. The second-order valence-corrected chi connectivity index (χ2v) is 7.32. The van der Waals surface area contributed by atoms with E-state index in [0.717, 1.165) is 16.6 Å². The summed E-state index contributed by atoms with van der Waals surface area (Å²) in [6, 6.07) is 14.1. The maximum Gasteiger partial charge on any atom is 0.251 e. The first-order chi connectivity index (χ1) is 13.1. The van der Waals surface area contributed by atoms with Crippen LogP contribution in [0.15, 0.2) is 53.0 Å². The van der Waals surface area contributed by atoms with E-state index in [9.17, 15) is 9.59 Å². The van der Waals surface area contributed by atoms with Crippen molar-refractivity contribution >= 4 is 27.6 Å². The van der Waals surface area contributed by atoms with E-state index in [1.165, 1.54) is 25.7 Å². The van der Waals surface area contributed by atoms with Gasteiger partial charge < -0.3 is 10.1 Å². The number of carbonyl (C=O) groups excluding carboxylic acids is 2. The summed E-state index contributed by atoms with van der Waals surface area (Å²) in [4.78, 5) is 24.3. The molecule has 0 saturated heterocycles. The van der Waals surface area contributed by atoms with E-state index in [1.807, 2.05) is 0 Å². The van der Waals surface area contributed by atoms with E-state index < -0.39 is 0 Å². The van der Waals surface area contributed by atoms with Gasteiger partial charge in [0.25, 0.3) is 5.91 Å². The molecule has 2 aromatic carbocycles. The smallest absolute Gasteiger partial charge is 0.251 e.